The van der Waals surface area contributed by atoms with E-state index < -0.39 is 0 Å². The molecule has 19 heavy (non-hydrogen) atoms. The van der Waals surface area contributed by atoms with E-state index in [2.05, 4.69) is 6.92 Å². The minimum atomic E-state index is -0.314. The standard InChI is InChI=1S/C15H22O4/c1-11-10-18-15(19-14(11)4-3-9-16)12-5-7-13(17-2)8-6-12/h5-8,11,14-16H,3-4,9-10H2,1-2H3/t11-,14-,15+/m1/s1. The van der Waals surface area contributed by atoms with Crippen LogP contribution in [0.5, 0.6) is 5.75 Å². The van der Waals surface area contributed by atoms with Gasteiger partial charge in [-0.25, -0.2) is 0 Å². The molecule has 0 aromatic heterocycles. The molecule has 0 radical (unpaired) electrons. The summed E-state index contributed by atoms with van der Waals surface area (Å²) < 4.78 is 16.9. The van der Waals surface area contributed by atoms with Crippen LogP contribution in [0, 0.1) is 5.92 Å². The highest BCUT2D eigenvalue weighted by Gasteiger charge is 2.29. The van der Waals surface area contributed by atoms with Crippen LogP contribution >= 0.6 is 0 Å². The van der Waals surface area contributed by atoms with Gasteiger partial charge in [0.25, 0.3) is 0 Å². The molecular formula is C15H22O4. The zero-order valence-corrected chi connectivity index (χ0v) is 11.5. The maximum Gasteiger partial charge on any atom is 0.184 e. The van der Waals surface area contributed by atoms with Gasteiger partial charge in [0.15, 0.2) is 6.29 Å². The van der Waals surface area contributed by atoms with Gasteiger partial charge in [0.05, 0.1) is 19.8 Å². The number of aliphatic hydroxyl groups excluding tert-OH is 1. The molecule has 4 nitrogen and oxygen atoms in total. The van der Waals surface area contributed by atoms with Crippen LogP contribution in [0.2, 0.25) is 0 Å². The molecule has 106 valence electrons. The van der Waals surface area contributed by atoms with Crippen molar-refractivity contribution in [3.63, 3.8) is 0 Å². The molecule has 1 N–H and O–H groups in total. The van der Waals surface area contributed by atoms with Crippen molar-refractivity contribution in [3.05, 3.63) is 29.8 Å². The summed E-state index contributed by atoms with van der Waals surface area (Å²) in [5.41, 5.74) is 1.00. The van der Waals surface area contributed by atoms with Crippen molar-refractivity contribution in [2.45, 2.75) is 32.2 Å². The Morgan fingerprint density at radius 3 is 2.68 bits per heavy atom. The zero-order chi connectivity index (χ0) is 13.7. The topological polar surface area (TPSA) is 47.9 Å². The quantitative estimate of drug-likeness (QED) is 0.889. The van der Waals surface area contributed by atoms with Crippen LogP contribution in [-0.2, 0) is 9.47 Å². The van der Waals surface area contributed by atoms with E-state index >= 15 is 0 Å². The Kier molecular flexibility index (Phi) is 5.19. The summed E-state index contributed by atoms with van der Waals surface area (Å²) in [6, 6.07) is 7.73. The molecule has 0 bridgehead atoms. The summed E-state index contributed by atoms with van der Waals surface area (Å²) in [6.07, 6.45) is 1.47. The van der Waals surface area contributed by atoms with Crippen molar-refractivity contribution in [2.24, 2.45) is 5.92 Å². The smallest absolute Gasteiger partial charge is 0.184 e. The van der Waals surface area contributed by atoms with Gasteiger partial charge in [-0.2, -0.15) is 0 Å². The number of benzene rings is 1. The minimum Gasteiger partial charge on any atom is -0.497 e. The van der Waals surface area contributed by atoms with Crippen LogP contribution in [0.4, 0.5) is 0 Å². The number of hydrogen-bond donors (Lipinski definition) is 1. The largest absolute Gasteiger partial charge is 0.497 e. The van der Waals surface area contributed by atoms with Gasteiger partial charge in [0, 0.05) is 18.1 Å². The van der Waals surface area contributed by atoms with Crippen LogP contribution < -0.4 is 4.74 Å². The first-order valence-corrected chi connectivity index (χ1v) is 6.76. The highest BCUT2D eigenvalue weighted by atomic mass is 16.7. The van der Waals surface area contributed by atoms with Crippen molar-refractivity contribution in [2.75, 3.05) is 20.3 Å². The Hall–Kier alpha value is -1.10. The molecule has 1 heterocycles. The van der Waals surface area contributed by atoms with Crippen LogP contribution in [0.1, 0.15) is 31.6 Å². The zero-order valence-electron chi connectivity index (χ0n) is 11.5. The van der Waals surface area contributed by atoms with Crippen molar-refractivity contribution in [1.82, 2.24) is 0 Å². The fourth-order valence-electron chi connectivity index (χ4n) is 2.26. The molecule has 1 fully saturated rings. The van der Waals surface area contributed by atoms with Crippen molar-refractivity contribution in [3.8, 4) is 5.75 Å². The lowest BCUT2D eigenvalue weighted by Gasteiger charge is -2.35. The molecule has 1 aromatic carbocycles. The lowest BCUT2D eigenvalue weighted by Crippen LogP contribution is -2.34. The molecule has 0 amide bonds. The van der Waals surface area contributed by atoms with E-state index in [-0.39, 0.29) is 19.0 Å². The van der Waals surface area contributed by atoms with E-state index in [9.17, 15) is 0 Å². The molecule has 1 aliphatic heterocycles. The van der Waals surface area contributed by atoms with Gasteiger partial charge in [0.2, 0.25) is 0 Å². The maximum absolute atomic E-state index is 8.92. The van der Waals surface area contributed by atoms with Gasteiger partial charge < -0.3 is 19.3 Å². The summed E-state index contributed by atoms with van der Waals surface area (Å²) >= 11 is 0. The number of ether oxygens (including phenoxy) is 3. The molecule has 0 spiro atoms. The number of hydrogen-bond acceptors (Lipinski definition) is 4. The molecule has 3 atom stereocenters. The van der Waals surface area contributed by atoms with Crippen LogP contribution in [0.3, 0.4) is 0 Å². The lowest BCUT2D eigenvalue weighted by molar-refractivity contribution is -0.240. The van der Waals surface area contributed by atoms with Crippen molar-refractivity contribution < 1.29 is 19.3 Å². The molecule has 0 saturated carbocycles. The van der Waals surface area contributed by atoms with Gasteiger partial charge in [-0.3, -0.25) is 0 Å². The van der Waals surface area contributed by atoms with Crippen molar-refractivity contribution in [1.29, 1.82) is 0 Å². The van der Waals surface area contributed by atoms with Crippen molar-refractivity contribution >= 4 is 0 Å². The third-order valence-corrected chi connectivity index (χ3v) is 3.48. The molecule has 0 aliphatic carbocycles. The Morgan fingerprint density at radius 2 is 2.05 bits per heavy atom. The maximum atomic E-state index is 8.92. The van der Waals surface area contributed by atoms with Gasteiger partial charge >= 0.3 is 0 Å². The van der Waals surface area contributed by atoms with Gasteiger partial charge in [0.1, 0.15) is 5.75 Å². The molecular weight excluding hydrogens is 244 g/mol. The second-order valence-corrected chi connectivity index (χ2v) is 4.96. The summed E-state index contributed by atoms with van der Waals surface area (Å²) in [7, 11) is 1.65. The first kappa shape index (κ1) is 14.3. The third-order valence-electron chi connectivity index (χ3n) is 3.48. The average Bonchev–Trinajstić information content (AvgIpc) is 2.46. The molecule has 0 unspecified atom stereocenters. The predicted octanol–water partition coefficient (Wildman–Crippen LogP) is 2.52. The fourth-order valence-corrected chi connectivity index (χ4v) is 2.26. The van der Waals surface area contributed by atoms with E-state index in [0.717, 1.165) is 24.2 Å². The lowest BCUT2D eigenvalue weighted by atomic mass is 9.99. The SMILES string of the molecule is COc1ccc([C@H]2OC[C@@H](C)[C@@H](CCCO)O2)cc1. The summed E-state index contributed by atoms with van der Waals surface area (Å²) in [4.78, 5) is 0. The van der Waals surface area contributed by atoms with Gasteiger partial charge in [-0.15, -0.1) is 0 Å². The summed E-state index contributed by atoms with van der Waals surface area (Å²) in [5.74, 6) is 1.19. The molecule has 1 aromatic rings. The molecule has 1 saturated heterocycles. The van der Waals surface area contributed by atoms with Gasteiger partial charge in [-0.1, -0.05) is 19.1 Å². The van der Waals surface area contributed by atoms with E-state index in [1.807, 2.05) is 24.3 Å². The Labute approximate surface area is 114 Å². The van der Waals surface area contributed by atoms with E-state index in [1.165, 1.54) is 0 Å². The van der Waals surface area contributed by atoms with E-state index in [4.69, 9.17) is 19.3 Å². The Morgan fingerprint density at radius 1 is 1.32 bits per heavy atom. The van der Waals surface area contributed by atoms with Crippen LogP contribution in [0.25, 0.3) is 0 Å². The molecule has 1 aliphatic rings. The number of aliphatic hydroxyl groups is 1. The normalized spacial score (nSPS) is 27.2. The monoisotopic (exact) mass is 266 g/mol. The number of methoxy groups -OCH3 is 1. The van der Waals surface area contributed by atoms with Crippen LogP contribution in [0.15, 0.2) is 24.3 Å². The van der Waals surface area contributed by atoms with E-state index in [0.29, 0.717) is 12.5 Å². The first-order chi connectivity index (χ1) is 9.24. The Balaban J connectivity index is 1.99. The highest BCUT2D eigenvalue weighted by molar-refractivity contribution is 5.27. The molecule has 4 heteroatoms. The van der Waals surface area contributed by atoms with E-state index in [1.54, 1.807) is 7.11 Å². The second kappa shape index (κ2) is 6.89. The fraction of sp³-hybridized carbons (Fsp3) is 0.600. The van der Waals surface area contributed by atoms with Crippen LogP contribution in [-0.4, -0.2) is 31.5 Å². The predicted molar refractivity (Wildman–Crippen MR) is 72.0 cm³/mol. The Bertz CT molecular complexity index is 376. The molecule has 2 rings (SSSR count). The summed E-state index contributed by atoms with van der Waals surface area (Å²) in [6.45, 7) is 3.01. The highest BCUT2D eigenvalue weighted by Crippen LogP contribution is 2.31. The first-order valence-electron chi connectivity index (χ1n) is 6.76. The third kappa shape index (κ3) is 3.69. The second-order valence-electron chi connectivity index (χ2n) is 4.96. The minimum absolute atomic E-state index is 0.146. The average molecular weight is 266 g/mol. The van der Waals surface area contributed by atoms with Gasteiger partial charge in [-0.05, 0) is 25.0 Å². The summed E-state index contributed by atoms with van der Waals surface area (Å²) in [5, 5.41) is 8.92. The number of rotatable bonds is 5.